The Labute approximate surface area is 242 Å². The molecule has 10 heteroatoms. The number of aromatic nitrogens is 1. The molecule has 1 aromatic heterocycles. The van der Waals surface area contributed by atoms with E-state index in [0.717, 1.165) is 67.0 Å². The van der Waals surface area contributed by atoms with Crippen molar-refractivity contribution in [2.75, 3.05) is 31.5 Å². The largest absolute Gasteiger partial charge is 0.360 e. The number of likely N-dealkylation sites (tertiary alicyclic amines) is 1. The number of nitriles is 2. The quantitative estimate of drug-likeness (QED) is 0.283. The number of nitrogens with one attached hydrogen (secondary N) is 2. The monoisotopic (exact) mass is 568 g/mol. The molecule has 210 valence electrons. The number of hydrogen-bond acceptors (Lipinski definition) is 8. The summed E-state index contributed by atoms with van der Waals surface area (Å²) in [6.07, 6.45) is 4.19. The van der Waals surface area contributed by atoms with Crippen LogP contribution in [0.4, 0.5) is 5.69 Å². The van der Waals surface area contributed by atoms with Gasteiger partial charge in [-0.3, -0.25) is 19.0 Å². The lowest BCUT2D eigenvalue weighted by Crippen LogP contribution is -2.37. The van der Waals surface area contributed by atoms with Crippen LogP contribution in [0, 0.1) is 28.6 Å². The van der Waals surface area contributed by atoms with E-state index < -0.39 is 5.91 Å². The Hall–Kier alpha value is -4.51. The van der Waals surface area contributed by atoms with Gasteiger partial charge in [0.2, 0.25) is 0 Å². The summed E-state index contributed by atoms with van der Waals surface area (Å²) >= 11 is 1.06. The van der Waals surface area contributed by atoms with Crippen molar-refractivity contribution >= 4 is 40.5 Å². The topological polar surface area (TPSA) is 131 Å². The summed E-state index contributed by atoms with van der Waals surface area (Å²) in [4.78, 5) is 40.5. The smallest absolute Gasteiger partial charge is 0.270 e. The molecule has 1 aliphatic rings. The Morgan fingerprint density at radius 3 is 2.54 bits per heavy atom. The first-order chi connectivity index (χ1) is 19.9. The zero-order valence-electron chi connectivity index (χ0n) is 22.9. The third-order valence-corrected chi connectivity index (χ3v) is 8.27. The van der Waals surface area contributed by atoms with Crippen LogP contribution in [-0.4, -0.2) is 47.3 Å². The number of hydrogen-bond donors (Lipinski definition) is 2. The van der Waals surface area contributed by atoms with Gasteiger partial charge in [-0.2, -0.15) is 10.5 Å². The van der Waals surface area contributed by atoms with Crippen LogP contribution in [0.15, 0.2) is 59.4 Å². The van der Waals surface area contributed by atoms with Gasteiger partial charge in [-0.15, -0.1) is 11.3 Å². The fourth-order valence-electron chi connectivity index (χ4n) is 4.91. The number of ketones is 1. The van der Waals surface area contributed by atoms with Crippen molar-refractivity contribution in [1.82, 2.24) is 14.8 Å². The highest BCUT2D eigenvalue weighted by atomic mass is 32.1. The van der Waals surface area contributed by atoms with Gasteiger partial charge in [0.25, 0.3) is 11.5 Å². The lowest BCUT2D eigenvalue weighted by atomic mass is 9.89. The van der Waals surface area contributed by atoms with Crippen LogP contribution in [0.5, 0.6) is 0 Å². The first-order valence-electron chi connectivity index (χ1n) is 13.6. The second-order valence-electron chi connectivity index (χ2n) is 9.73. The number of nitrogens with zero attached hydrogens (tertiary/aromatic N) is 4. The van der Waals surface area contributed by atoms with E-state index in [0.29, 0.717) is 11.1 Å². The Balaban J connectivity index is 1.39. The first kappa shape index (κ1) is 29.5. The van der Waals surface area contributed by atoms with E-state index in [1.807, 2.05) is 54.6 Å². The van der Waals surface area contributed by atoms with Gasteiger partial charge in [0.1, 0.15) is 21.8 Å². The van der Waals surface area contributed by atoms with Crippen LogP contribution < -0.4 is 25.4 Å². The van der Waals surface area contributed by atoms with Gasteiger partial charge in [-0.1, -0.05) is 42.5 Å². The molecule has 3 aromatic rings. The molecule has 1 aliphatic heterocycles. The number of carbonyl (C=O) groups excluding carboxylic acids is 2. The molecule has 1 amide bonds. The van der Waals surface area contributed by atoms with Crippen LogP contribution >= 0.6 is 11.3 Å². The van der Waals surface area contributed by atoms with Crippen molar-refractivity contribution in [3.05, 3.63) is 85.3 Å². The van der Waals surface area contributed by atoms with Crippen molar-refractivity contribution in [1.29, 1.82) is 10.5 Å². The lowest BCUT2D eigenvalue weighted by Gasteiger charge is -2.31. The van der Waals surface area contributed by atoms with Crippen molar-refractivity contribution < 1.29 is 9.59 Å². The molecule has 41 heavy (non-hydrogen) atoms. The molecule has 0 spiro atoms. The van der Waals surface area contributed by atoms with Gasteiger partial charge < -0.3 is 15.5 Å². The molecular formula is C31H32N6O3S. The number of Topliss-reactive ketones (excluding diaryl/α,β-unsaturated/α-hetero) is 1. The number of benzene rings is 2. The van der Waals surface area contributed by atoms with Crippen molar-refractivity contribution in [3.63, 3.8) is 0 Å². The fraction of sp³-hybridized carbons (Fsp3) is 0.323. The Bertz CT molecular complexity index is 1650. The third-order valence-electron chi connectivity index (χ3n) is 7.13. The summed E-state index contributed by atoms with van der Waals surface area (Å²) < 4.78 is 2.00. The number of amides is 1. The summed E-state index contributed by atoms with van der Waals surface area (Å²) in [5, 5.41) is 23.8. The molecule has 2 N–H and O–H groups in total. The molecule has 0 aliphatic carbocycles. The molecule has 0 bridgehead atoms. The summed E-state index contributed by atoms with van der Waals surface area (Å²) in [5.74, 6) is -0.356. The van der Waals surface area contributed by atoms with Gasteiger partial charge in [-0.05, 0) is 57.0 Å². The Morgan fingerprint density at radius 2 is 1.85 bits per heavy atom. The minimum atomic E-state index is -0.684. The molecule has 0 atom stereocenters. The zero-order valence-corrected chi connectivity index (χ0v) is 23.7. The zero-order chi connectivity index (χ0) is 29.2. The summed E-state index contributed by atoms with van der Waals surface area (Å²) in [7, 11) is 0. The van der Waals surface area contributed by atoms with E-state index >= 15 is 0 Å². The average molecular weight is 569 g/mol. The predicted molar refractivity (Wildman–Crippen MR) is 159 cm³/mol. The number of thiazole rings is 1. The van der Waals surface area contributed by atoms with E-state index in [4.69, 9.17) is 5.26 Å². The normalized spacial score (nSPS) is 15.0. The van der Waals surface area contributed by atoms with Crippen LogP contribution in [0.2, 0.25) is 0 Å². The number of carbonyl (C=O) groups is 2. The third kappa shape index (κ3) is 7.37. The molecule has 2 heterocycles. The molecule has 9 nitrogen and oxygen atoms in total. The van der Waals surface area contributed by atoms with E-state index in [2.05, 4.69) is 21.6 Å². The first-order valence-corrected chi connectivity index (χ1v) is 14.4. The molecule has 0 unspecified atom stereocenters. The van der Waals surface area contributed by atoms with Crippen molar-refractivity contribution in [2.24, 2.45) is 5.92 Å². The fourth-order valence-corrected chi connectivity index (χ4v) is 5.99. The van der Waals surface area contributed by atoms with Crippen molar-refractivity contribution in [2.45, 2.75) is 32.7 Å². The molecule has 1 saturated heterocycles. The minimum Gasteiger partial charge on any atom is -0.360 e. The highest BCUT2D eigenvalue weighted by molar-refractivity contribution is 7.07. The molecule has 0 radical (unpaired) electrons. The van der Waals surface area contributed by atoms with E-state index in [9.17, 15) is 19.6 Å². The van der Waals surface area contributed by atoms with Gasteiger partial charge in [0.15, 0.2) is 11.4 Å². The molecule has 4 rings (SSSR count). The second-order valence-corrected chi connectivity index (χ2v) is 10.8. The summed E-state index contributed by atoms with van der Waals surface area (Å²) in [6.45, 7) is 4.53. The Kier molecular flexibility index (Phi) is 10.2. The minimum absolute atomic E-state index is 0.0838. The van der Waals surface area contributed by atoms with Crippen LogP contribution in [0.25, 0.3) is 11.8 Å². The lowest BCUT2D eigenvalue weighted by molar-refractivity contribution is -0.115. The average Bonchev–Trinajstić information content (AvgIpc) is 3.33. The maximum absolute atomic E-state index is 13.0. The van der Waals surface area contributed by atoms with Crippen LogP contribution in [-0.2, 0) is 17.8 Å². The number of rotatable bonds is 10. The summed E-state index contributed by atoms with van der Waals surface area (Å²) in [6, 6.07) is 21.2. The predicted octanol–water partition coefficient (Wildman–Crippen LogP) is 2.23. The molecule has 0 saturated carbocycles. The van der Waals surface area contributed by atoms with Gasteiger partial charge in [0.05, 0.1) is 6.07 Å². The van der Waals surface area contributed by atoms with Crippen molar-refractivity contribution in [3.8, 4) is 12.1 Å². The maximum atomic E-state index is 13.0. The van der Waals surface area contributed by atoms with Crippen LogP contribution in [0.1, 0.15) is 35.7 Å². The van der Waals surface area contributed by atoms with Crippen LogP contribution in [0.3, 0.4) is 0 Å². The standard InChI is InChI=1S/C31H32N6O3S/c1-2-37-30(40)27(41-31(37)26(20-33)29(39)34-15-14-32)21-35-25-10-6-7-22(19-25)11-16-36-17-12-24(13-18-36)28(38)23-8-4-3-5-9-23/h3-10,19,21,24,35H,2,11-13,15-18H2,1H3,(H,34,39)/b27-21+,31-26-. The molecular weight excluding hydrogens is 536 g/mol. The van der Waals surface area contributed by atoms with E-state index in [-0.39, 0.29) is 34.0 Å². The maximum Gasteiger partial charge on any atom is 0.270 e. The summed E-state index contributed by atoms with van der Waals surface area (Å²) in [5.41, 5.74) is 2.27. The van der Waals surface area contributed by atoms with Gasteiger partial charge in [0, 0.05) is 36.5 Å². The highest BCUT2D eigenvalue weighted by Gasteiger charge is 2.25. The number of anilines is 1. The van der Waals surface area contributed by atoms with Gasteiger partial charge >= 0.3 is 0 Å². The molecule has 1 fully saturated rings. The molecule has 2 aromatic carbocycles. The van der Waals surface area contributed by atoms with E-state index in [1.165, 1.54) is 4.57 Å². The second kappa shape index (κ2) is 14.2. The van der Waals surface area contributed by atoms with E-state index in [1.54, 1.807) is 19.2 Å². The highest BCUT2D eigenvalue weighted by Crippen LogP contribution is 2.22. The number of piperidine rings is 1. The SMILES string of the molecule is CCn1c(=O)/c(=C\Nc2cccc(CCN3CCC(C(=O)c4ccccc4)CC3)c2)s/c1=C(/C#N)C(=O)NCC#N. The Morgan fingerprint density at radius 1 is 1.10 bits per heavy atom. The van der Waals surface area contributed by atoms with Gasteiger partial charge in [-0.25, -0.2) is 0 Å².